The van der Waals surface area contributed by atoms with Crippen molar-refractivity contribution in [2.45, 2.75) is 65.5 Å². The number of oxazole rings is 1. The van der Waals surface area contributed by atoms with Gasteiger partial charge in [-0.2, -0.15) is 0 Å². The first-order valence-corrected chi connectivity index (χ1v) is 10.7. The number of rotatable bonds is 8. The number of aromatic nitrogens is 1. The molecule has 7 nitrogen and oxygen atoms in total. The first-order valence-electron chi connectivity index (χ1n) is 10.4. The van der Waals surface area contributed by atoms with Gasteiger partial charge in [-0.15, -0.1) is 0 Å². The first kappa shape index (κ1) is 24.7. The molecule has 0 fully saturated rings. The number of carbonyl (C=O) groups is 2. The highest BCUT2D eigenvalue weighted by Crippen LogP contribution is 2.28. The van der Waals surface area contributed by atoms with Gasteiger partial charge in [0.05, 0.1) is 16.8 Å². The molecular formula is C23H32ClN3O4. The summed E-state index contributed by atoms with van der Waals surface area (Å²) in [6.07, 6.45) is 1.65. The van der Waals surface area contributed by atoms with Crippen LogP contribution in [0.1, 0.15) is 53.9 Å². The normalized spacial score (nSPS) is 13.5. The average Bonchev–Trinajstić information content (AvgIpc) is 3.12. The van der Waals surface area contributed by atoms with Crippen molar-refractivity contribution in [2.24, 2.45) is 5.92 Å². The van der Waals surface area contributed by atoms with Crippen LogP contribution in [0.2, 0.25) is 5.02 Å². The molecule has 1 atom stereocenters. The number of nitrogens with zero attached hydrogens (tertiary/aromatic N) is 1. The highest BCUT2D eigenvalue weighted by Gasteiger charge is 2.31. The topological polar surface area (TPSA) is 93.5 Å². The van der Waals surface area contributed by atoms with Crippen molar-refractivity contribution in [1.29, 1.82) is 0 Å². The van der Waals surface area contributed by atoms with Gasteiger partial charge in [0.25, 0.3) is 0 Å². The number of benzene rings is 1. The van der Waals surface area contributed by atoms with E-state index in [9.17, 15) is 9.59 Å². The largest absolute Gasteiger partial charge is 0.444 e. The molecule has 1 aromatic carbocycles. The minimum absolute atomic E-state index is 0.0833. The van der Waals surface area contributed by atoms with E-state index in [1.54, 1.807) is 33.0 Å². The molecule has 2 aromatic rings. The molecule has 1 aromatic heterocycles. The van der Waals surface area contributed by atoms with Gasteiger partial charge in [0.1, 0.15) is 5.60 Å². The van der Waals surface area contributed by atoms with Crippen LogP contribution >= 0.6 is 11.6 Å². The van der Waals surface area contributed by atoms with Crippen molar-refractivity contribution >= 4 is 23.6 Å². The lowest BCUT2D eigenvalue weighted by atomic mass is 9.88. The van der Waals surface area contributed by atoms with E-state index in [0.29, 0.717) is 23.1 Å². The standard InChI is InChI=1S/C23H32ClN3O4/c1-15(2)23(6,14-26-21(29)31-22(3,4)5)27-19(28)11-12-20-25-13-18(30-20)16-9-7-8-10-17(16)24/h7-10,13,15H,11-12,14H2,1-6H3,(H,26,29)(H,27,28). The van der Waals surface area contributed by atoms with Crippen LogP contribution in [-0.4, -0.2) is 34.7 Å². The molecule has 0 saturated heterocycles. The second-order valence-corrected chi connectivity index (χ2v) is 9.48. The molecule has 0 aliphatic heterocycles. The van der Waals surface area contributed by atoms with Crippen molar-refractivity contribution in [3.05, 3.63) is 41.4 Å². The number of alkyl carbamates (subject to hydrolysis) is 1. The fourth-order valence-corrected chi connectivity index (χ4v) is 3.00. The fourth-order valence-electron chi connectivity index (χ4n) is 2.78. The van der Waals surface area contributed by atoms with E-state index in [1.165, 1.54) is 0 Å². The van der Waals surface area contributed by atoms with Crippen LogP contribution < -0.4 is 10.6 Å². The zero-order valence-electron chi connectivity index (χ0n) is 19.0. The van der Waals surface area contributed by atoms with Gasteiger partial charge < -0.3 is 19.8 Å². The Kier molecular flexibility index (Phi) is 8.12. The van der Waals surface area contributed by atoms with Crippen molar-refractivity contribution < 1.29 is 18.7 Å². The number of nitrogens with one attached hydrogen (secondary N) is 2. The van der Waals surface area contributed by atoms with Crippen LogP contribution in [0.15, 0.2) is 34.9 Å². The van der Waals surface area contributed by atoms with Crippen LogP contribution in [-0.2, 0) is 16.0 Å². The highest BCUT2D eigenvalue weighted by atomic mass is 35.5. The van der Waals surface area contributed by atoms with E-state index in [4.69, 9.17) is 20.8 Å². The maximum Gasteiger partial charge on any atom is 0.407 e. The van der Waals surface area contributed by atoms with Crippen LogP contribution in [0.4, 0.5) is 4.79 Å². The summed E-state index contributed by atoms with van der Waals surface area (Å²) in [5, 5.41) is 6.35. The van der Waals surface area contributed by atoms with Gasteiger partial charge in [-0.05, 0) is 45.7 Å². The van der Waals surface area contributed by atoms with Crippen molar-refractivity contribution in [3.8, 4) is 11.3 Å². The first-order chi connectivity index (χ1) is 14.4. The summed E-state index contributed by atoms with van der Waals surface area (Å²) in [4.78, 5) is 28.8. The lowest BCUT2D eigenvalue weighted by Gasteiger charge is -2.35. The molecule has 0 radical (unpaired) electrons. The minimum Gasteiger partial charge on any atom is -0.444 e. The van der Waals surface area contributed by atoms with Gasteiger partial charge >= 0.3 is 6.09 Å². The fraction of sp³-hybridized carbons (Fsp3) is 0.522. The Labute approximate surface area is 188 Å². The quantitative estimate of drug-likeness (QED) is 0.592. The second kappa shape index (κ2) is 10.2. The van der Waals surface area contributed by atoms with Crippen LogP contribution in [0.3, 0.4) is 0 Å². The SMILES string of the molecule is CC(C)C(C)(CNC(=O)OC(C)(C)C)NC(=O)CCc1ncc(-c2ccccc2Cl)o1. The lowest BCUT2D eigenvalue weighted by molar-refractivity contribution is -0.123. The predicted molar refractivity (Wildman–Crippen MR) is 121 cm³/mol. The summed E-state index contributed by atoms with van der Waals surface area (Å²) >= 11 is 6.19. The molecule has 0 aliphatic carbocycles. The van der Waals surface area contributed by atoms with Crippen LogP contribution in [0.5, 0.6) is 0 Å². The van der Waals surface area contributed by atoms with Gasteiger partial charge in [-0.25, -0.2) is 9.78 Å². The zero-order chi connectivity index (χ0) is 23.2. The molecule has 0 saturated carbocycles. The van der Waals surface area contributed by atoms with Gasteiger partial charge in [0.2, 0.25) is 5.91 Å². The molecule has 2 N–H and O–H groups in total. The molecule has 2 rings (SSSR count). The molecule has 31 heavy (non-hydrogen) atoms. The third-order valence-corrected chi connectivity index (χ3v) is 5.29. The average molecular weight is 450 g/mol. The zero-order valence-corrected chi connectivity index (χ0v) is 19.8. The summed E-state index contributed by atoms with van der Waals surface area (Å²) in [5.74, 6) is 0.956. The van der Waals surface area contributed by atoms with Crippen molar-refractivity contribution in [3.63, 3.8) is 0 Å². The number of amides is 2. The lowest BCUT2D eigenvalue weighted by Crippen LogP contribution is -2.57. The molecule has 2 amide bonds. The van der Waals surface area contributed by atoms with E-state index >= 15 is 0 Å². The molecule has 1 heterocycles. The third-order valence-electron chi connectivity index (χ3n) is 4.96. The van der Waals surface area contributed by atoms with Crippen LogP contribution in [0, 0.1) is 5.92 Å². The summed E-state index contributed by atoms with van der Waals surface area (Å²) in [5.41, 5.74) is -0.457. The summed E-state index contributed by atoms with van der Waals surface area (Å²) in [7, 11) is 0. The second-order valence-electron chi connectivity index (χ2n) is 9.07. The summed E-state index contributed by atoms with van der Waals surface area (Å²) in [6, 6.07) is 7.35. The van der Waals surface area contributed by atoms with Crippen molar-refractivity contribution in [2.75, 3.05) is 6.54 Å². The Bertz CT molecular complexity index is 904. The van der Waals surface area contributed by atoms with E-state index in [0.717, 1.165) is 5.56 Å². The number of ether oxygens (including phenoxy) is 1. The minimum atomic E-state index is -0.632. The highest BCUT2D eigenvalue weighted by molar-refractivity contribution is 6.33. The Morgan fingerprint density at radius 1 is 1.19 bits per heavy atom. The van der Waals surface area contributed by atoms with E-state index in [-0.39, 0.29) is 24.8 Å². The maximum atomic E-state index is 12.6. The third kappa shape index (κ3) is 7.58. The Balaban J connectivity index is 1.92. The Hall–Kier alpha value is -2.54. The number of hydrogen-bond acceptors (Lipinski definition) is 5. The van der Waals surface area contributed by atoms with E-state index in [1.807, 2.05) is 39.0 Å². The van der Waals surface area contributed by atoms with Gasteiger partial charge in [0, 0.05) is 24.9 Å². The number of aryl methyl sites for hydroxylation is 1. The molecule has 1 unspecified atom stereocenters. The maximum absolute atomic E-state index is 12.6. The smallest absolute Gasteiger partial charge is 0.407 e. The number of hydrogen-bond donors (Lipinski definition) is 2. The van der Waals surface area contributed by atoms with Gasteiger partial charge in [-0.3, -0.25) is 4.79 Å². The van der Waals surface area contributed by atoms with E-state index < -0.39 is 17.2 Å². The Morgan fingerprint density at radius 2 is 1.87 bits per heavy atom. The molecule has 0 aliphatic rings. The van der Waals surface area contributed by atoms with Crippen molar-refractivity contribution in [1.82, 2.24) is 15.6 Å². The molecule has 8 heteroatoms. The monoisotopic (exact) mass is 449 g/mol. The number of carbonyl (C=O) groups excluding carboxylic acids is 2. The van der Waals surface area contributed by atoms with Crippen LogP contribution in [0.25, 0.3) is 11.3 Å². The summed E-state index contributed by atoms with van der Waals surface area (Å²) in [6.45, 7) is 11.5. The van der Waals surface area contributed by atoms with E-state index in [2.05, 4.69) is 15.6 Å². The molecular weight excluding hydrogens is 418 g/mol. The van der Waals surface area contributed by atoms with Gasteiger partial charge in [-0.1, -0.05) is 37.6 Å². The molecule has 0 bridgehead atoms. The summed E-state index contributed by atoms with van der Waals surface area (Å²) < 4.78 is 11.0. The Morgan fingerprint density at radius 3 is 2.48 bits per heavy atom. The van der Waals surface area contributed by atoms with Gasteiger partial charge in [0.15, 0.2) is 11.7 Å². The molecule has 170 valence electrons. The molecule has 0 spiro atoms. The predicted octanol–water partition coefficient (Wildman–Crippen LogP) is 4.98. The number of halogens is 1.